The Kier molecular flexibility index (Phi) is 11.1. The van der Waals surface area contributed by atoms with E-state index in [0.29, 0.717) is 38.8 Å². The fraction of sp³-hybridized carbons (Fsp3) is 0.422. The van der Waals surface area contributed by atoms with Crippen LogP contribution in [0.3, 0.4) is 0 Å². The maximum Gasteiger partial charge on any atom is 0.262 e. The van der Waals surface area contributed by atoms with Gasteiger partial charge in [0, 0.05) is 118 Å². The zero-order chi connectivity index (χ0) is 40.5. The van der Waals surface area contributed by atoms with Gasteiger partial charge in [-0.1, -0.05) is 12.1 Å². The maximum atomic E-state index is 13.1. The summed E-state index contributed by atoms with van der Waals surface area (Å²) in [6.45, 7) is 4.18. The Morgan fingerprint density at radius 1 is 0.729 bits per heavy atom. The van der Waals surface area contributed by atoms with Gasteiger partial charge in [0.15, 0.2) is 0 Å². The van der Waals surface area contributed by atoms with Crippen LogP contribution in [0.5, 0.6) is 5.88 Å². The standard InChI is InChI=1S/C45H48N6O8/c1-49-38-14-15-46-25-37(38)34-9-6-28(20-40(34)49)29-7-13-42(47-24-29)59-32-22-31(23-32)57-18-4-2-16-56-17-3-5-19-58-33-26-50(27-33)30-8-10-35-36(21-30)45(55)51(44(35)54)39-11-12-41(52)48-43(39)53/h6-10,13-15,20-21,24-25,31-33,39H,2-5,11-12,16-19,22-23,26-27H2,1H3,(H,48,52,53)/t31-,32-,39?. The number of pyridine rings is 2. The molecule has 6 heterocycles. The Bertz CT molecular complexity index is 2390. The molecule has 14 heteroatoms. The van der Waals surface area contributed by atoms with Crippen LogP contribution in [0, 0.1) is 0 Å². The van der Waals surface area contributed by atoms with Crippen molar-refractivity contribution < 1.29 is 38.1 Å². The molecule has 0 radical (unpaired) electrons. The van der Waals surface area contributed by atoms with Crippen LogP contribution in [-0.4, -0.2) is 107 Å². The highest BCUT2D eigenvalue weighted by molar-refractivity contribution is 6.23. The molecule has 4 amide bonds. The highest BCUT2D eigenvalue weighted by Gasteiger charge is 2.45. The van der Waals surface area contributed by atoms with Gasteiger partial charge < -0.3 is 28.4 Å². The van der Waals surface area contributed by atoms with Crippen molar-refractivity contribution in [2.75, 3.05) is 44.4 Å². The lowest BCUT2D eigenvalue weighted by Crippen LogP contribution is -2.54. The molecular weight excluding hydrogens is 753 g/mol. The van der Waals surface area contributed by atoms with Crippen LogP contribution >= 0.6 is 0 Å². The molecule has 0 bridgehead atoms. The summed E-state index contributed by atoms with van der Waals surface area (Å²) in [6.07, 6.45) is 11.8. The van der Waals surface area contributed by atoms with E-state index in [1.807, 2.05) is 36.8 Å². The number of aryl methyl sites for hydroxylation is 1. The van der Waals surface area contributed by atoms with Gasteiger partial charge in [0.05, 0.1) is 28.9 Å². The van der Waals surface area contributed by atoms with Crippen molar-refractivity contribution in [3.8, 4) is 17.0 Å². The third-order valence-corrected chi connectivity index (χ3v) is 11.9. The van der Waals surface area contributed by atoms with Gasteiger partial charge in [-0.05, 0) is 74.1 Å². The van der Waals surface area contributed by atoms with Gasteiger partial charge in [0.1, 0.15) is 12.1 Å². The molecule has 2 saturated heterocycles. The number of nitrogens with one attached hydrogen (secondary N) is 1. The molecule has 9 rings (SSSR count). The first-order chi connectivity index (χ1) is 28.8. The maximum absolute atomic E-state index is 13.1. The average Bonchev–Trinajstić information content (AvgIpc) is 3.64. The third-order valence-electron chi connectivity index (χ3n) is 11.9. The van der Waals surface area contributed by atoms with Gasteiger partial charge in [0.25, 0.3) is 11.8 Å². The van der Waals surface area contributed by atoms with Crippen molar-refractivity contribution in [2.24, 2.45) is 7.05 Å². The number of fused-ring (bicyclic) bond motifs is 4. The van der Waals surface area contributed by atoms with Gasteiger partial charge in [-0.15, -0.1) is 0 Å². The quantitative estimate of drug-likeness (QED) is 0.0924. The van der Waals surface area contributed by atoms with E-state index in [2.05, 4.69) is 56.1 Å². The molecule has 1 unspecified atom stereocenters. The third kappa shape index (κ3) is 8.04. The summed E-state index contributed by atoms with van der Waals surface area (Å²) >= 11 is 0. The Morgan fingerprint density at radius 2 is 1.47 bits per heavy atom. The van der Waals surface area contributed by atoms with Gasteiger partial charge in [-0.25, -0.2) is 4.98 Å². The SMILES string of the molecule is Cn1c2ccncc2c2ccc(-c3ccc(O[C@H]4C[C@H](OCCCCOCCCCOC5CN(c6ccc7c(c6)C(=O)N(C6CCC(=O)NC6=O)C7=O)C5)C4)nc3)cc21. The highest BCUT2D eigenvalue weighted by atomic mass is 16.5. The number of ether oxygens (including phenoxy) is 4. The van der Waals surface area contributed by atoms with Crippen LogP contribution in [0.15, 0.2) is 73.2 Å². The molecular formula is C45H48N6O8. The molecule has 1 aliphatic carbocycles. The number of rotatable bonds is 17. The summed E-state index contributed by atoms with van der Waals surface area (Å²) in [5, 5.41) is 4.58. The average molecular weight is 801 g/mol. The number of benzene rings is 2. The number of unbranched alkanes of at least 4 members (excludes halogenated alkanes) is 2. The first-order valence-corrected chi connectivity index (χ1v) is 20.7. The smallest absolute Gasteiger partial charge is 0.262 e. The second-order valence-corrected chi connectivity index (χ2v) is 15.9. The first kappa shape index (κ1) is 38.8. The number of imide groups is 2. The molecule has 3 aromatic heterocycles. The molecule has 306 valence electrons. The fourth-order valence-corrected chi connectivity index (χ4v) is 8.40. The number of anilines is 1. The molecule has 3 aliphatic heterocycles. The Hall–Kier alpha value is -5.70. The largest absolute Gasteiger partial charge is 0.474 e. The molecule has 59 heavy (non-hydrogen) atoms. The van der Waals surface area contributed by atoms with Crippen LogP contribution < -0.4 is 15.0 Å². The minimum absolute atomic E-state index is 0.0925. The number of nitrogens with zero attached hydrogens (tertiary/aromatic N) is 5. The summed E-state index contributed by atoms with van der Waals surface area (Å²) in [5.41, 5.74) is 5.90. The number of aromatic nitrogens is 3. The van der Waals surface area contributed by atoms with Gasteiger partial charge in [-0.2, -0.15) is 0 Å². The summed E-state index contributed by atoms with van der Waals surface area (Å²) in [7, 11) is 2.09. The minimum Gasteiger partial charge on any atom is -0.474 e. The molecule has 4 aliphatic rings. The normalized spacial score (nSPS) is 20.6. The van der Waals surface area contributed by atoms with E-state index >= 15 is 0 Å². The van der Waals surface area contributed by atoms with Crippen molar-refractivity contribution >= 4 is 51.1 Å². The molecule has 3 fully saturated rings. The zero-order valence-corrected chi connectivity index (χ0v) is 33.1. The second-order valence-electron chi connectivity index (χ2n) is 15.9. The van der Waals surface area contributed by atoms with Crippen LogP contribution in [-0.2, 0) is 30.8 Å². The topological polar surface area (TPSA) is 154 Å². The zero-order valence-electron chi connectivity index (χ0n) is 33.1. The summed E-state index contributed by atoms with van der Waals surface area (Å²) in [5.74, 6) is -1.36. The van der Waals surface area contributed by atoms with Crippen molar-refractivity contribution in [3.63, 3.8) is 0 Å². The van der Waals surface area contributed by atoms with Gasteiger partial charge >= 0.3 is 0 Å². The predicted molar refractivity (Wildman–Crippen MR) is 219 cm³/mol. The monoisotopic (exact) mass is 800 g/mol. The Balaban J connectivity index is 0.593. The first-order valence-electron chi connectivity index (χ1n) is 20.7. The molecule has 1 N–H and O–H groups in total. The number of hydrogen-bond acceptors (Lipinski definition) is 11. The molecule has 1 saturated carbocycles. The lowest BCUT2D eigenvalue weighted by atomic mass is 9.92. The molecule has 1 atom stereocenters. The van der Waals surface area contributed by atoms with E-state index in [4.69, 9.17) is 18.9 Å². The minimum atomic E-state index is -0.970. The van der Waals surface area contributed by atoms with E-state index in [0.717, 1.165) is 72.2 Å². The van der Waals surface area contributed by atoms with E-state index < -0.39 is 29.7 Å². The van der Waals surface area contributed by atoms with Crippen molar-refractivity contribution in [2.45, 2.75) is 75.7 Å². The molecule has 0 spiro atoms. The van der Waals surface area contributed by atoms with Crippen molar-refractivity contribution in [1.29, 1.82) is 0 Å². The number of amides is 4. The van der Waals surface area contributed by atoms with Crippen molar-refractivity contribution in [1.82, 2.24) is 24.8 Å². The Labute approximate surface area is 341 Å². The van der Waals surface area contributed by atoms with E-state index in [-0.39, 0.29) is 42.3 Å². The van der Waals surface area contributed by atoms with Gasteiger partial charge in [0.2, 0.25) is 17.7 Å². The lowest BCUT2D eigenvalue weighted by molar-refractivity contribution is -0.136. The summed E-state index contributed by atoms with van der Waals surface area (Å²) in [4.78, 5) is 62.0. The van der Waals surface area contributed by atoms with Crippen LogP contribution in [0.25, 0.3) is 32.9 Å². The van der Waals surface area contributed by atoms with Crippen LogP contribution in [0.2, 0.25) is 0 Å². The van der Waals surface area contributed by atoms with E-state index in [1.165, 1.54) is 16.4 Å². The molecule has 2 aromatic carbocycles. The van der Waals surface area contributed by atoms with Crippen LogP contribution in [0.4, 0.5) is 5.69 Å². The Morgan fingerprint density at radius 3 is 2.24 bits per heavy atom. The number of carbonyl (C=O) groups is 4. The summed E-state index contributed by atoms with van der Waals surface area (Å²) < 4.78 is 26.2. The summed E-state index contributed by atoms with van der Waals surface area (Å²) in [6, 6.07) is 16.8. The van der Waals surface area contributed by atoms with E-state index in [1.54, 1.807) is 12.1 Å². The fourth-order valence-electron chi connectivity index (χ4n) is 8.40. The van der Waals surface area contributed by atoms with Crippen LogP contribution in [0.1, 0.15) is 72.1 Å². The number of piperidine rings is 1. The lowest BCUT2D eigenvalue weighted by Gasteiger charge is -2.40. The van der Waals surface area contributed by atoms with E-state index in [9.17, 15) is 19.2 Å². The molecule has 14 nitrogen and oxygen atoms in total. The highest BCUT2D eigenvalue weighted by Crippen LogP contribution is 2.34. The van der Waals surface area contributed by atoms with Gasteiger partial charge in [-0.3, -0.25) is 34.4 Å². The second kappa shape index (κ2) is 16.9. The van der Waals surface area contributed by atoms with Crippen molar-refractivity contribution in [3.05, 3.63) is 84.3 Å². The predicted octanol–water partition coefficient (Wildman–Crippen LogP) is 5.60. The number of carbonyl (C=O) groups excluding carboxylic acids is 4. The number of hydrogen-bond donors (Lipinski definition) is 1. The molecule has 5 aromatic rings.